The van der Waals surface area contributed by atoms with E-state index in [4.69, 9.17) is 19.3 Å². The van der Waals surface area contributed by atoms with E-state index in [1.165, 1.54) is 0 Å². The quantitative estimate of drug-likeness (QED) is 0.611. The molecule has 132 valence electrons. The van der Waals surface area contributed by atoms with Crippen LogP contribution >= 0.6 is 0 Å². The standard InChI is InChI=1S/C18H30O5/c1-13(11-19)18(20)14(2)17(22-4)9-10-23-12-15-5-7-16(21-3)8-6-15/h5-8,13-14,17-20H,9-12H2,1-4H3/t13-,14-,17-,18+/m1/s1. The van der Waals surface area contributed by atoms with Gasteiger partial charge in [-0.2, -0.15) is 0 Å². The summed E-state index contributed by atoms with van der Waals surface area (Å²) in [5.41, 5.74) is 1.08. The van der Waals surface area contributed by atoms with Crippen LogP contribution in [0.5, 0.6) is 5.75 Å². The third-order valence-corrected chi connectivity index (χ3v) is 4.27. The van der Waals surface area contributed by atoms with E-state index in [-0.39, 0.29) is 24.5 Å². The van der Waals surface area contributed by atoms with E-state index in [1.54, 1.807) is 14.2 Å². The molecule has 0 fully saturated rings. The Labute approximate surface area is 139 Å². The highest BCUT2D eigenvalue weighted by molar-refractivity contribution is 5.26. The number of hydrogen-bond donors (Lipinski definition) is 2. The van der Waals surface area contributed by atoms with Crippen LogP contribution in [0.15, 0.2) is 24.3 Å². The number of methoxy groups -OCH3 is 2. The molecule has 0 saturated heterocycles. The summed E-state index contributed by atoms with van der Waals surface area (Å²) in [5.74, 6) is 0.601. The van der Waals surface area contributed by atoms with Crippen molar-refractivity contribution in [1.82, 2.24) is 0 Å². The first-order valence-corrected chi connectivity index (χ1v) is 8.05. The molecular formula is C18H30O5. The summed E-state index contributed by atoms with van der Waals surface area (Å²) in [7, 11) is 3.28. The molecule has 0 amide bonds. The van der Waals surface area contributed by atoms with Crippen LogP contribution in [0.2, 0.25) is 0 Å². The van der Waals surface area contributed by atoms with Gasteiger partial charge in [0.15, 0.2) is 0 Å². The van der Waals surface area contributed by atoms with Crippen molar-refractivity contribution in [1.29, 1.82) is 0 Å². The number of hydrogen-bond acceptors (Lipinski definition) is 5. The Balaban J connectivity index is 2.36. The number of rotatable bonds is 11. The van der Waals surface area contributed by atoms with Gasteiger partial charge < -0.3 is 24.4 Å². The molecule has 0 saturated carbocycles. The van der Waals surface area contributed by atoms with E-state index >= 15 is 0 Å². The molecule has 4 atom stereocenters. The molecule has 5 nitrogen and oxygen atoms in total. The van der Waals surface area contributed by atoms with Crippen LogP contribution < -0.4 is 4.74 Å². The normalized spacial score (nSPS) is 16.6. The van der Waals surface area contributed by atoms with Gasteiger partial charge in [-0.05, 0) is 24.1 Å². The average molecular weight is 326 g/mol. The van der Waals surface area contributed by atoms with Gasteiger partial charge in [-0.3, -0.25) is 0 Å². The second-order valence-electron chi connectivity index (χ2n) is 5.97. The third-order valence-electron chi connectivity index (χ3n) is 4.27. The summed E-state index contributed by atoms with van der Waals surface area (Å²) in [5, 5.41) is 19.3. The predicted octanol–water partition coefficient (Wildman–Crippen LogP) is 2.24. The Morgan fingerprint density at radius 1 is 1.09 bits per heavy atom. The van der Waals surface area contributed by atoms with Crippen molar-refractivity contribution in [2.24, 2.45) is 11.8 Å². The lowest BCUT2D eigenvalue weighted by Gasteiger charge is -2.29. The molecule has 0 bridgehead atoms. The van der Waals surface area contributed by atoms with Crippen molar-refractivity contribution in [3.8, 4) is 5.75 Å². The van der Waals surface area contributed by atoms with Crippen LogP contribution in [0, 0.1) is 11.8 Å². The van der Waals surface area contributed by atoms with Crippen molar-refractivity contribution in [3.63, 3.8) is 0 Å². The van der Waals surface area contributed by atoms with E-state index in [2.05, 4.69) is 0 Å². The van der Waals surface area contributed by atoms with Gasteiger partial charge in [0, 0.05) is 32.2 Å². The highest BCUT2D eigenvalue weighted by atomic mass is 16.5. The third kappa shape index (κ3) is 6.47. The zero-order valence-corrected chi connectivity index (χ0v) is 14.6. The number of aliphatic hydroxyl groups excluding tert-OH is 2. The van der Waals surface area contributed by atoms with Crippen LogP contribution in [-0.2, 0) is 16.1 Å². The topological polar surface area (TPSA) is 68.2 Å². The van der Waals surface area contributed by atoms with Crippen LogP contribution in [0.25, 0.3) is 0 Å². The number of ether oxygens (including phenoxy) is 3. The van der Waals surface area contributed by atoms with Crippen molar-refractivity contribution >= 4 is 0 Å². The van der Waals surface area contributed by atoms with E-state index in [1.807, 2.05) is 38.1 Å². The van der Waals surface area contributed by atoms with Crippen molar-refractivity contribution in [2.45, 2.75) is 39.1 Å². The zero-order valence-electron chi connectivity index (χ0n) is 14.6. The summed E-state index contributed by atoms with van der Waals surface area (Å²) in [6.45, 7) is 4.82. The fourth-order valence-corrected chi connectivity index (χ4v) is 2.55. The second kappa shape index (κ2) is 10.6. The summed E-state index contributed by atoms with van der Waals surface area (Å²) in [6.07, 6.45) is 0.00431. The van der Waals surface area contributed by atoms with Crippen molar-refractivity contribution < 1.29 is 24.4 Å². The Hall–Kier alpha value is -1.14. The Morgan fingerprint density at radius 3 is 2.26 bits per heavy atom. The largest absolute Gasteiger partial charge is 0.497 e. The first kappa shape index (κ1) is 19.9. The minimum atomic E-state index is -0.591. The maximum atomic E-state index is 10.2. The minimum absolute atomic E-state index is 0.0318. The number of benzene rings is 1. The Bertz CT molecular complexity index is 420. The second-order valence-corrected chi connectivity index (χ2v) is 5.97. The van der Waals surface area contributed by atoms with Gasteiger partial charge >= 0.3 is 0 Å². The van der Waals surface area contributed by atoms with E-state index in [0.29, 0.717) is 19.6 Å². The zero-order chi connectivity index (χ0) is 17.2. The fourth-order valence-electron chi connectivity index (χ4n) is 2.55. The molecule has 0 spiro atoms. The van der Waals surface area contributed by atoms with Crippen molar-refractivity contribution in [3.05, 3.63) is 29.8 Å². The monoisotopic (exact) mass is 326 g/mol. The average Bonchev–Trinajstić information content (AvgIpc) is 2.60. The van der Waals surface area contributed by atoms with Crippen LogP contribution in [0.1, 0.15) is 25.8 Å². The molecule has 1 aromatic carbocycles. The van der Waals surface area contributed by atoms with E-state index < -0.39 is 6.10 Å². The van der Waals surface area contributed by atoms with Gasteiger partial charge in [-0.1, -0.05) is 26.0 Å². The van der Waals surface area contributed by atoms with Gasteiger partial charge in [-0.25, -0.2) is 0 Å². The molecule has 2 N–H and O–H groups in total. The van der Waals surface area contributed by atoms with E-state index in [9.17, 15) is 5.11 Å². The Kier molecular flexibility index (Phi) is 9.17. The molecule has 23 heavy (non-hydrogen) atoms. The summed E-state index contributed by atoms with van der Waals surface area (Å²) in [6, 6.07) is 7.76. The van der Waals surface area contributed by atoms with Crippen molar-refractivity contribution in [2.75, 3.05) is 27.4 Å². The van der Waals surface area contributed by atoms with Crippen LogP contribution in [0.3, 0.4) is 0 Å². The van der Waals surface area contributed by atoms with Gasteiger partial charge in [-0.15, -0.1) is 0 Å². The lowest BCUT2D eigenvalue weighted by Crippen LogP contribution is -2.37. The first-order chi connectivity index (χ1) is 11.0. The minimum Gasteiger partial charge on any atom is -0.497 e. The Morgan fingerprint density at radius 2 is 1.74 bits per heavy atom. The van der Waals surface area contributed by atoms with Crippen LogP contribution in [-0.4, -0.2) is 49.9 Å². The molecular weight excluding hydrogens is 296 g/mol. The maximum Gasteiger partial charge on any atom is 0.118 e. The smallest absolute Gasteiger partial charge is 0.118 e. The SMILES string of the molecule is COc1ccc(COCC[C@@H](OC)[C@@H](C)[C@@H](O)[C@H](C)CO)cc1. The molecule has 0 aromatic heterocycles. The predicted molar refractivity (Wildman–Crippen MR) is 89.5 cm³/mol. The lowest BCUT2D eigenvalue weighted by molar-refractivity contribution is -0.0494. The molecule has 1 rings (SSSR count). The van der Waals surface area contributed by atoms with Gasteiger partial charge in [0.2, 0.25) is 0 Å². The lowest BCUT2D eigenvalue weighted by atomic mass is 9.88. The van der Waals surface area contributed by atoms with Gasteiger partial charge in [0.1, 0.15) is 5.75 Å². The van der Waals surface area contributed by atoms with Crippen LogP contribution in [0.4, 0.5) is 0 Å². The molecule has 0 aliphatic carbocycles. The van der Waals surface area contributed by atoms with Gasteiger partial charge in [0.25, 0.3) is 0 Å². The molecule has 0 unspecified atom stereocenters. The van der Waals surface area contributed by atoms with E-state index in [0.717, 1.165) is 11.3 Å². The summed E-state index contributed by atoms with van der Waals surface area (Å²) < 4.78 is 16.3. The highest BCUT2D eigenvalue weighted by Crippen LogP contribution is 2.21. The highest BCUT2D eigenvalue weighted by Gasteiger charge is 2.27. The molecule has 0 radical (unpaired) electrons. The summed E-state index contributed by atoms with van der Waals surface area (Å²) >= 11 is 0. The maximum absolute atomic E-state index is 10.2. The molecule has 0 aliphatic heterocycles. The molecule has 0 aliphatic rings. The molecule has 0 heterocycles. The number of aliphatic hydroxyl groups is 2. The molecule has 1 aromatic rings. The fraction of sp³-hybridized carbons (Fsp3) is 0.667. The first-order valence-electron chi connectivity index (χ1n) is 8.05. The van der Waals surface area contributed by atoms with Gasteiger partial charge in [0.05, 0.1) is 25.9 Å². The summed E-state index contributed by atoms with van der Waals surface area (Å²) in [4.78, 5) is 0. The molecule has 5 heteroatoms.